The van der Waals surface area contributed by atoms with Crippen LogP contribution in [-0.4, -0.2) is 40.2 Å². The van der Waals surface area contributed by atoms with E-state index in [1.165, 1.54) is 18.2 Å². The van der Waals surface area contributed by atoms with E-state index in [0.29, 0.717) is 16.4 Å². The first-order chi connectivity index (χ1) is 19.0. The van der Waals surface area contributed by atoms with Crippen LogP contribution in [0.2, 0.25) is 0 Å². The van der Waals surface area contributed by atoms with E-state index in [2.05, 4.69) is 0 Å². The Bertz CT molecular complexity index is 1410. The molecule has 1 heterocycles. The standard InChI is InChI=1S/C31H30N2O5S/c1-37-27-18-21(15-16-26(27)38-20-22-9-8-10-23(17-22)30(35)36)19-28-29(34)33(25-13-6-3-7-14-25)31(39-28)32-24-11-4-2-5-12-24/h2,4-5,8-12,15-19,25H,3,6-7,13-14,20H2,1H3,(H,35,36)/b28-19-,32-31?. The molecule has 0 spiro atoms. The van der Waals surface area contributed by atoms with E-state index < -0.39 is 5.97 Å². The number of carbonyl (C=O) groups is 2. The fourth-order valence-corrected chi connectivity index (χ4v) is 5.90. The fourth-order valence-electron chi connectivity index (χ4n) is 4.84. The predicted molar refractivity (Wildman–Crippen MR) is 154 cm³/mol. The number of nitrogens with zero attached hydrogens (tertiary/aromatic N) is 2. The van der Waals surface area contributed by atoms with Crippen LogP contribution in [0.4, 0.5) is 5.69 Å². The number of amides is 1. The highest BCUT2D eigenvalue weighted by atomic mass is 32.2. The number of rotatable bonds is 8. The molecule has 0 atom stereocenters. The number of hydrogen-bond donors (Lipinski definition) is 1. The van der Waals surface area contributed by atoms with Crippen LogP contribution in [0.3, 0.4) is 0 Å². The van der Waals surface area contributed by atoms with Crippen LogP contribution in [0.1, 0.15) is 53.6 Å². The van der Waals surface area contributed by atoms with Crippen molar-refractivity contribution < 1.29 is 24.2 Å². The average molecular weight is 543 g/mol. The average Bonchev–Trinajstić information content (AvgIpc) is 3.27. The molecule has 3 aromatic rings. The highest BCUT2D eigenvalue weighted by Crippen LogP contribution is 2.39. The number of methoxy groups -OCH3 is 1. The molecule has 200 valence electrons. The molecule has 1 aliphatic carbocycles. The van der Waals surface area contributed by atoms with Crippen LogP contribution in [0.25, 0.3) is 6.08 Å². The van der Waals surface area contributed by atoms with E-state index in [0.717, 1.165) is 47.7 Å². The lowest BCUT2D eigenvalue weighted by molar-refractivity contribution is -0.124. The van der Waals surface area contributed by atoms with Gasteiger partial charge in [-0.1, -0.05) is 55.7 Å². The zero-order valence-electron chi connectivity index (χ0n) is 21.7. The Morgan fingerprint density at radius 1 is 1.03 bits per heavy atom. The smallest absolute Gasteiger partial charge is 0.335 e. The van der Waals surface area contributed by atoms with Gasteiger partial charge in [0.15, 0.2) is 16.7 Å². The van der Waals surface area contributed by atoms with E-state index in [-0.39, 0.29) is 24.1 Å². The van der Waals surface area contributed by atoms with Gasteiger partial charge < -0.3 is 14.6 Å². The summed E-state index contributed by atoms with van der Waals surface area (Å²) in [7, 11) is 1.56. The van der Waals surface area contributed by atoms with Crippen LogP contribution in [0, 0.1) is 0 Å². The molecular formula is C31H30N2O5S. The van der Waals surface area contributed by atoms with Crippen molar-refractivity contribution in [2.75, 3.05) is 7.11 Å². The summed E-state index contributed by atoms with van der Waals surface area (Å²) in [6.45, 7) is 0.196. The Hall–Kier alpha value is -4.04. The number of aliphatic imine (C=N–C) groups is 1. The number of para-hydroxylation sites is 1. The summed E-state index contributed by atoms with van der Waals surface area (Å²) in [4.78, 5) is 32.2. The second kappa shape index (κ2) is 12.2. The van der Waals surface area contributed by atoms with Gasteiger partial charge in [0.05, 0.1) is 23.3 Å². The third-order valence-corrected chi connectivity index (χ3v) is 7.79. The Labute approximate surface area is 232 Å². The van der Waals surface area contributed by atoms with E-state index in [9.17, 15) is 14.7 Å². The molecule has 7 nitrogen and oxygen atoms in total. The highest BCUT2D eigenvalue weighted by molar-refractivity contribution is 8.18. The molecule has 2 fully saturated rings. The molecule has 5 rings (SSSR count). The Morgan fingerprint density at radius 3 is 2.56 bits per heavy atom. The van der Waals surface area contributed by atoms with Crippen molar-refractivity contribution >= 4 is 40.6 Å². The third kappa shape index (κ3) is 6.34. The lowest BCUT2D eigenvalue weighted by Gasteiger charge is -2.30. The van der Waals surface area contributed by atoms with Crippen LogP contribution in [0.5, 0.6) is 11.5 Å². The summed E-state index contributed by atoms with van der Waals surface area (Å²) in [6.07, 6.45) is 7.30. The summed E-state index contributed by atoms with van der Waals surface area (Å²) >= 11 is 1.41. The van der Waals surface area contributed by atoms with E-state index in [4.69, 9.17) is 14.5 Å². The van der Waals surface area contributed by atoms with Gasteiger partial charge in [-0.05, 0) is 78.2 Å². The minimum atomic E-state index is -0.981. The molecule has 0 radical (unpaired) electrons. The minimum Gasteiger partial charge on any atom is -0.493 e. The number of amidine groups is 1. The van der Waals surface area contributed by atoms with Crippen molar-refractivity contribution in [3.63, 3.8) is 0 Å². The van der Waals surface area contributed by atoms with Gasteiger partial charge in [-0.15, -0.1) is 0 Å². The molecular weight excluding hydrogens is 512 g/mol. The Morgan fingerprint density at radius 2 is 1.82 bits per heavy atom. The van der Waals surface area contributed by atoms with E-state index in [1.807, 2.05) is 59.5 Å². The maximum atomic E-state index is 13.6. The maximum absolute atomic E-state index is 13.6. The lowest BCUT2D eigenvalue weighted by Crippen LogP contribution is -2.40. The van der Waals surface area contributed by atoms with Crippen LogP contribution < -0.4 is 9.47 Å². The molecule has 1 aliphatic heterocycles. The SMILES string of the molecule is COc1cc(/C=C2\SC(=Nc3ccccc3)N(C3CCCCC3)C2=O)ccc1OCc1cccc(C(=O)O)c1. The van der Waals surface area contributed by atoms with Crippen molar-refractivity contribution in [1.29, 1.82) is 0 Å². The molecule has 1 saturated carbocycles. The minimum absolute atomic E-state index is 0.0146. The number of ether oxygens (including phenoxy) is 2. The van der Waals surface area contributed by atoms with E-state index >= 15 is 0 Å². The van der Waals surface area contributed by atoms with Gasteiger partial charge in [-0.25, -0.2) is 9.79 Å². The van der Waals surface area contributed by atoms with Crippen LogP contribution in [0.15, 0.2) is 82.7 Å². The molecule has 1 saturated heterocycles. The second-order valence-corrected chi connectivity index (χ2v) is 10.5. The van der Waals surface area contributed by atoms with Gasteiger partial charge in [0, 0.05) is 6.04 Å². The van der Waals surface area contributed by atoms with Crippen molar-refractivity contribution in [2.24, 2.45) is 4.99 Å². The second-order valence-electron chi connectivity index (χ2n) is 9.51. The number of carboxylic acids is 1. The number of aromatic carboxylic acids is 1. The first kappa shape index (κ1) is 26.6. The quantitative estimate of drug-likeness (QED) is 0.311. The van der Waals surface area contributed by atoms with Crippen molar-refractivity contribution in [3.05, 3.63) is 94.4 Å². The van der Waals surface area contributed by atoms with E-state index in [1.54, 1.807) is 31.4 Å². The molecule has 1 N–H and O–H groups in total. The molecule has 39 heavy (non-hydrogen) atoms. The van der Waals surface area contributed by atoms with Crippen LogP contribution in [-0.2, 0) is 11.4 Å². The molecule has 0 bridgehead atoms. The normalized spacial score (nSPS) is 18.1. The van der Waals surface area contributed by atoms with Gasteiger partial charge in [-0.2, -0.15) is 0 Å². The van der Waals surface area contributed by atoms with Gasteiger partial charge in [0.1, 0.15) is 6.61 Å². The Balaban J connectivity index is 1.38. The summed E-state index contributed by atoms with van der Waals surface area (Å²) < 4.78 is 11.5. The predicted octanol–water partition coefficient (Wildman–Crippen LogP) is 6.91. The van der Waals surface area contributed by atoms with Gasteiger partial charge in [0.25, 0.3) is 5.91 Å². The van der Waals surface area contributed by atoms with Crippen molar-refractivity contribution in [2.45, 2.75) is 44.8 Å². The zero-order chi connectivity index (χ0) is 27.2. The number of carbonyl (C=O) groups excluding carboxylic acids is 1. The number of thioether (sulfide) groups is 1. The Kier molecular flexibility index (Phi) is 8.32. The van der Waals surface area contributed by atoms with Gasteiger partial charge in [-0.3, -0.25) is 9.69 Å². The molecule has 2 aliphatic rings. The van der Waals surface area contributed by atoms with Crippen molar-refractivity contribution in [3.8, 4) is 11.5 Å². The summed E-state index contributed by atoms with van der Waals surface area (Å²) in [5.41, 5.74) is 2.59. The van der Waals surface area contributed by atoms with Crippen LogP contribution >= 0.6 is 11.8 Å². The first-order valence-electron chi connectivity index (χ1n) is 13.0. The molecule has 8 heteroatoms. The molecule has 0 aromatic heterocycles. The molecule has 0 unspecified atom stereocenters. The largest absolute Gasteiger partial charge is 0.493 e. The number of benzene rings is 3. The third-order valence-electron chi connectivity index (χ3n) is 6.81. The van der Waals surface area contributed by atoms with Crippen molar-refractivity contribution in [1.82, 2.24) is 4.90 Å². The summed E-state index contributed by atoms with van der Waals surface area (Å²) in [6, 6.07) is 22.0. The molecule has 3 aromatic carbocycles. The number of hydrogen-bond acceptors (Lipinski definition) is 6. The van der Waals surface area contributed by atoms with Gasteiger partial charge >= 0.3 is 5.97 Å². The summed E-state index contributed by atoms with van der Waals surface area (Å²) in [5, 5.41) is 9.94. The highest BCUT2D eigenvalue weighted by Gasteiger charge is 2.38. The maximum Gasteiger partial charge on any atom is 0.335 e. The lowest BCUT2D eigenvalue weighted by atomic mass is 9.94. The first-order valence-corrected chi connectivity index (χ1v) is 13.8. The zero-order valence-corrected chi connectivity index (χ0v) is 22.5. The monoisotopic (exact) mass is 542 g/mol. The topological polar surface area (TPSA) is 88.4 Å². The summed E-state index contributed by atoms with van der Waals surface area (Å²) in [5.74, 6) is 0.0572. The fraction of sp³-hybridized carbons (Fsp3) is 0.258. The van der Waals surface area contributed by atoms with Gasteiger partial charge in [0.2, 0.25) is 0 Å². The number of carboxylic acid groups (broad SMARTS) is 1. The molecule has 1 amide bonds.